The first kappa shape index (κ1) is 22.9. The predicted octanol–water partition coefficient (Wildman–Crippen LogP) is 2.53. The third-order valence-electron chi connectivity index (χ3n) is 3.36. The van der Waals surface area contributed by atoms with Crippen LogP contribution in [0.5, 0.6) is 0 Å². The Morgan fingerprint density at radius 3 is 2.24 bits per heavy atom. The Labute approximate surface area is 147 Å². The van der Waals surface area contributed by atoms with Gasteiger partial charge in [0, 0.05) is 17.1 Å². The van der Waals surface area contributed by atoms with Gasteiger partial charge in [0.05, 0.1) is 0 Å². The van der Waals surface area contributed by atoms with Crippen molar-refractivity contribution in [2.45, 2.75) is 25.4 Å². The first-order valence-corrected chi connectivity index (χ1v) is 7.04. The van der Waals surface area contributed by atoms with E-state index < -0.39 is 5.54 Å². The molecule has 0 fully saturated rings. The Hall–Kier alpha value is -0.330. The molecule has 0 saturated carbocycles. The lowest BCUT2D eigenvalue weighted by Gasteiger charge is -2.26. The lowest BCUT2D eigenvalue weighted by molar-refractivity contribution is -0.126. The van der Waals surface area contributed by atoms with Crippen LogP contribution in [0.15, 0.2) is 28.7 Å². The molecule has 0 aliphatic carbocycles. The highest BCUT2D eigenvalue weighted by atomic mass is 79.9. The standard InChI is InChI=1S/C14H22BrN3O.2ClH/c1-10(18(3)4)9-17-13(19)14(2,16)11-5-7-12(15)8-6-11;;/h5-8,10H,9,16H2,1-4H3,(H,17,19);2*1H. The molecule has 0 saturated heterocycles. The minimum absolute atomic E-state index is 0. The number of amides is 1. The molecule has 7 heteroatoms. The number of rotatable bonds is 5. The van der Waals surface area contributed by atoms with Crippen molar-refractivity contribution < 1.29 is 4.79 Å². The fraction of sp³-hybridized carbons (Fsp3) is 0.500. The zero-order valence-electron chi connectivity index (χ0n) is 12.7. The van der Waals surface area contributed by atoms with Crippen LogP contribution < -0.4 is 11.1 Å². The second-order valence-electron chi connectivity index (χ2n) is 5.23. The van der Waals surface area contributed by atoms with E-state index in [2.05, 4.69) is 21.2 Å². The van der Waals surface area contributed by atoms with Gasteiger partial charge >= 0.3 is 0 Å². The fourth-order valence-electron chi connectivity index (χ4n) is 1.53. The summed E-state index contributed by atoms with van der Waals surface area (Å²) in [4.78, 5) is 14.3. The summed E-state index contributed by atoms with van der Waals surface area (Å²) < 4.78 is 0.966. The van der Waals surface area contributed by atoms with Gasteiger partial charge in [-0.25, -0.2) is 0 Å². The Bertz CT molecular complexity index is 438. The lowest BCUT2D eigenvalue weighted by atomic mass is 9.92. The van der Waals surface area contributed by atoms with Crippen LogP contribution in [-0.4, -0.2) is 37.5 Å². The van der Waals surface area contributed by atoms with Gasteiger partial charge in [0.15, 0.2) is 0 Å². The number of hydrogen-bond acceptors (Lipinski definition) is 3. The van der Waals surface area contributed by atoms with Gasteiger partial charge in [-0.1, -0.05) is 28.1 Å². The number of nitrogens with two attached hydrogens (primary N) is 1. The molecule has 1 aromatic carbocycles. The van der Waals surface area contributed by atoms with E-state index in [-0.39, 0.29) is 36.8 Å². The van der Waals surface area contributed by atoms with Crippen molar-refractivity contribution in [3.63, 3.8) is 0 Å². The van der Waals surface area contributed by atoms with Gasteiger partial charge in [0.25, 0.3) is 0 Å². The van der Waals surface area contributed by atoms with E-state index in [4.69, 9.17) is 5.73 Å². The number of hydrogen-bond donors (Lipinski definition) is 2. The van der Waals surface area contributed by atoms with Gasteiger partial charge in [-0.05, 0) is 45.6 Å². The lowest BCUT2D eigenvalue weighted by Crippen LogP contribution is -2.51. The number of halogens is 3. The van der Waals surface area contributed by atoms with Crippen LogP contribution in [0, 0.1) is 0 Å². The zero-order valence-corrected chi connectivity index (χ0v) is 15.9. The summed E-state index contributed by atoms with van der Waals surface area (Å²) in [5.41, 5.74) is 5.93. The number of nitrogens with zero attached hydrogens (tertiary/aromatic N) is 1. The summed E-state index contributed by atoms with van der Waals surface area (Å²) in [5.74, 6) is -0.163. The van der Waals surface area contributed by atoms with E-state index in [1.54, 1.807) is 6.92 Å². The Morgan fingerprint density at radius 2 is 1.81 bits per heavy atom. The summed E-state index contributed by atoms with van der Waals surface area (Å²) in [6, 6.07) is 7.76. The predicted molar refractivity (Wildman–Crippen MR) is 96.3 cm³/mol. The normalized spacial score (nSPS) is 14.4. The third kappa shape index (κ3) is 6.53. The minimum Gasteiger partial charge on any atom is -0.353 e. The first-order chi connectivity index (χ1) is 8.75. The Morgan fingerprint density at radius 1 is 1.33 bits per heavy atom. The van der Waals surface area contributed by atoms with Crippen LogP contribution in [0.4, 0.5) is 0 Å². The van der Waals surface area contributed by atoms with Gasteiger partial charge in [0.1, 0.15) is 5.54 Å². The van der Waals surface area contributed by atoms with E-state index in [1.807, 2.05) is 50.2 Å². The number of nitrogens with one attached hydrogen (secondary N) is 1. The second-order valence-corrected chi connectivity index (χ2v) is 6.15. The Balaban J connectivity index is 0. The van der Waals surface area contributed by atoms with Crippen molar-refractivity contribution >= 4 is 46.7 Å². The van der Waals surface area contributed by atoms with Crippen molar-refractivity contribution in [1.82, 2.24) is 10.2 Å². The summed E-state index contributed by atoms with van der Waals surface area (Å²) in [6.45, 7) is 4.36. The molecule has 0 aromatic heterocycles. The molecule has 0 bridgehead atoms. The Kier molecular flexibility index (Phi) is 10.5. The highest BCUT2D eigenvalue weighted by Crippen LogP contribution is 2.20. The number of carbonyl (C=O) groups is 1. The summed E-state index contributed by atoms with van der Waals surface area (Å²) >= 11 is 3.37. The van der Waals surface area contributed by atoms with Crippen LogP contribution in [0.25, 0.3) is 0 Å². The van der Waals surface area contributed by atoms with Crippen molar-refractivity contribution in [2.75, 3.05) is 20.6 Å². The largest absolute Gasteiger partial charge is 0.353 e. The highest BCUT2D eigenvalue weighted by molar-refractivity contribution is 9.10. The topological polar surface area (TPSA) is 58.4 Å². The average molecular weight is 401 g/mol. The van der Waals surface area contributed by atoms with Crippen LogP contribution >= 0.6 is 40.7 Å². The summed E-state index contributed by atoms with van der Waals surface area (Å²) in [7, 11) is 3.96. The van der Waals surface area contributed by atoms with Gasteiger partial charge in [-0.2, -0.15) is 0 Å². The molecule has 21 heavy (non-hydrogen) atoms. The number of carbonyl (C=O) groups excluding carboxylic acids is 1. The fourth-order valence-corrected chi connectivity index (χ4v) is 1.80. The monoisotopic (exact) mass is 399 g/mol. The molecule has 0 aliphatic rings. The smallest absolute Gasteiger partial charge is 0.244 e. The molecule has 4 nitrogen and oxygen atoms in total. The van der Waals surface area contributed by atoms with Gasteiger partial charge < -0.3 is 16.0 Å². The quantitative estimate of drug-likeness (QED) is 0.798. The summed E-state index contributed by atoms with van der Waals surface area (Å²) in [6.07, 6.45) is 0. The number of likely N-dealkylation sites (N-methyl/N-ethyl adjacent to an activating group) is 1. The molecule has 0 aliphatic heterocycles. The van der Waals surface area contributed by atoms with Crippen molar-refractivity contribution in [2.24, 2.45) is 5.73 Å². The second kappa shape index (κ2) is 9.64. The molecule has 1 amide bonds. The third-order valence-corrected chi connectivity index (χ3v) is 3.88. The minimum atomic E-state index is -1.02. The molecule has 1 rings (SSSR count). The van der Waals surface area contributed by atoms with Gasteiger partial charge in [-0.15, -0.1) is 24.8 Å². The van der Waals surface area contributed by atoms with E-state index in [0.717, 1.165) is 10.0 Å². The van der Waals surface area contributed by atoms with E-state index >= 15 is 0 Å². The van der Waals surface area contributed by atoms with E-state index in [9.17, 15) is 4.79 Å². The van der Waals surface area contributed by atoms with E-state index in [0.29, 0.717) is 6.54 Å². The van der Waals surface area contributed by atoms with Crippen LogP contribution in [0.3, 0.4) is 0 Å². The maximum Gasteiger partial charge on any atom is 0.244 e. The zero-order chi connectivity index (χ0) is 14.6. The van der Waals surface area contributed by atoms with Crippen molar-refractivity contribution in [1.29, 1.82) is 0 Å². The van der Waals surface area contributed by atoms with Gasteiger partial charge in [0.2, 0.25) is 5.91 Å². The first-order valence-electron chi connectivity index (χ1n) is 6.24. The molecule has 2 atom stereocenters. The molecule has 1 aromatic rings. The maximum atomic E-state index is 12.2. The van der Waals surface area contributed by atoms with Crippen LogP contribution in [0.1, 0.15) is 19.4 Å². The molecule has 0 spiro atoms. The van der Waals surface area contributed by atoms with Gasteiger partial charge in [-0.3, -0.25) is 4.79 Å². The molecular weight excluding hydrogens is 377 g/mol. The SMILES string of the molecule is CC(CNC(=O)C(C)(N)c1ccc(Br)cc1)N(C)C.Cl.Cl. The van der Waals surface area contributed by atoms with Crippen LogP contribution in [-0.2, 0) is 10.3 Å². The summed E-state index contributed by atoms with van der Waals surface area (Å²) in [5, 5.41) is 2.90. The molecule has 3 N–H and O–H groups in total. The highest BCUT2D eigenvalue weighted by Gasteiger charge is 2.30. The van der Waals surface area contributed by atoms with Crippen LogP contribution in [0.2, 0.25) is 0 Å². The molecule has 2 unspecified atom stereocenters. The molecular formula is C14H24BrCl2N3O. The van der Waals surface area contributed by atoms with E-state index in [1.165, 1.54) is 0 Å². The number of benzene rings is 1. The van der Waals surface area contributed by atoms with Crippen molar-refractivity contribution in [3.05, 3.63) is 34.3 Å². The maximum absolute atomic E-state index is 12.2. The molecule has 122 valence electrons. The average Bonchev–Trinajstić information content (AvgIpc) is 2.35. The molecule has 0 heterocycles. The molecule has 0 radical (unpaired) electrons. The van der Waals surface area contributed by atoms with Crippen molar-refractivity contribution in [3.8, 4) is 0 Å².